The van der Waals surface area contributed by atoms with Gasteiger partial charge in [0.05, 0.1) is 33.9 Å². The van der Waals surface area contributed by atoms with Crippen LogP contribution in [0.4, 0.5) is 32.9 Å². The van der Waals surface area contributed by atoms with E-state index in [1.165, 1.54) is 17.8 Å². The van der Waals surface area contributed by atoms with Crippen LogP contribution in [0.3, 0.4) is 0 Å². The number of fused-ring (bicyclic) bond motifs is 1. The molecule has 2 N–H and O–H groups in total. The van der Waals surface area contributed by atoms with Gasteiger partial charge in [0.15, 0.2) is 5.13 Å². The second-order valence-electron chi connectivity index (χ2n) is 11.0. The molecule has 238 valence electrons. The zero-order valence-corrected chi connectivity index (χ0v) is 25.9. The Bertz CT molecular complexity index is 1930. The van der Waals surface area contributed by atoms with E-state index < -0.39 is 46.2 Å². The number of piperazine rings is 1. The number of rotatable bonds is 5. The molecule has 1 unspecified atom stereocenters. The summed E-state index contributed by atoms with van der Waals surface area (Å²) in [6.45, 7) is 7.53. The van der Waals surface area contributed by atoms with Crippen molar-refractivity contribution in [1.82, 2.24) is 19.4 Å². The summed E-state index contributed by atoms with van der Waals surface area (Å²) >= 11 is 1.71. The van der Waals surface area contributed by atoms with E-state index in [4.69, 9.17) is 10.5 Å². The number of anilines is 2. The van der Waals surface area contributed by atoms with Gasteiger partial charge in [-0.1, -0.05) is 17.9 Å². The molecule has 2 aromatic heterocycles. The highest BCUT2D eigenvalue weighted by atomic mass is 32.2. The standard InChI is InChI=1S/C29H27F5N6O3S2/c1-5-19(41)39-12(2)8-38(9-13(39)3)26-15-6-16(29(32,33)34)20(21-17(30)7-18(31)24-22(21)36-27(35)45-24)25-23(15)40(28(42)37-26)14(10-43-4)11-44-25/h5-7,12-14H,1,8-11H2,2-4H3,(H2,35,36)/t12-,13+,14?. The molecule has 3 atom stereocenters. The Balaban J connectivity index is 1.71. The van der Waals surface area contributed by atoms with Crippen molar-refractivity contribution in [3.8, 4) is 11.1 Å². The Kier molecular flexibility index (Phi) is 7.80. The monoisotopic (exact) mass is 666 g/mol. The third kappa shape index (κ3) is 5.02. The molecule has 9 nitrogen and oxygen atoms in total. The van der Waals surface area contributed by atoms with Crippen molar-refractivity contribution in [3.63, 3.8) is 0 Å². The molecule has 45 heavy (non-hydrogen) atoms. The fraction of sp³-hybridized carbons (Fsp3) is 0.379. The fourth-order valence-corrected chi connectivity index (χ4v) is 8.48. The molecule has 0 saturated carbocycles. The lowest BCUT2D eigenvalue weighted by molar-refractivity contribution is -0.137. The summed E-state index contributed by atoms with van der Waals surface area (Å²) < 4.78 is 82.0. The number of carbonyl (C=O) groups excluding carboxylic acids is 1. The number of thiazole rings is 1. The summed E-state index contributed by atoms with van der Waals surface area (Å²) in [5, 5.41) is -0.124. The van der Waals surface area contributed by atoms with Crippen molar-refractivity contribution < 1.29 is 31.5 Å². The molecule has 6 rings (SSSR count). The lowest BCUT2D eigenvalue weighted by Crippen LogP contribution is -2.58. The first-order valence-corrected chi connectivity index (χ1v) is 15.6. The molecule has 1 amide bonds. The van der Waals surface area contributed by atoms with Gasteiger partial charge in [-0.05, 0) is 26.0 Å². The van der Waals surface area contributed by atoms with Crippen molar-refractivity contribution >= 4 is 61.1 Å². The highest BCUT2D eigenvalue weighted by molar-refractivity contribution is 7.99. The maximum absolute atomic E-state index is 15.7. The Morgan fingerprint density at radius 1 is 1.16 bits per heavy atom. The zero-order chi connectivity index (χ0) is 32.5. The van der Waals surface area contributed by atoms with E-state index in [0.717, 1.165) is 17.8 Å². The summed E-state index contributed by atoms with van der Waals surface area (Å²) in [6.07, 6.45) is -3.81. The molecule has 0 spiro atoms. The quantitative estimate of drug-likeness (QED) is 0.221. The lowest BCUT2D eigenvalue weighted by atomic mass is 9.94. The van der Waals surface area contributed by atoms with E-state index >= 15 is 17.6 Å². The van der Waals surface area contributed by atoms with E-state index in [9.17, 15) is 14.0 Å². The average molecular weight is 667 g/mol. The smallest absolute Gasteiger partial charge is 0.383 e. The van der Waals surface area contributed by atoms with Gasteiger partial charge >= 0.3 is 11.9 Å². The van der Waals surface area contributed by atoms with Crippen LogP contribution in [0.5, 0.6) is 0 Å². The molecule has 4 heterocycles. The maximum atomic E-state index is 15.7. The zero-order valence-electron chi connectivity index (χ0n) is 24.2. The van der Waals surface area contributed by atoms with Crippen LogP contribution in [-0.4, -0.2) is 70.0 Å². The number of nitrogens with two attached hydrogens (primary N) is 1. The number of nitrogen functional groups attached to an aromatic ring is 1. The summed E-state index contributed by atoms with van der Waals surface area (Å²) in [5.41, 5.74) is 2.54. The van der Waals surface area contributed by atoms with Crippen LogP contribution in [-0.2, 0) is 15.7 Å². The van der Waals surface area contributed by atoms with Crippen molar-refractivity contribution in [1.29, 1.82) is 0 Å². The summed E-state index contributed by atoms with van der Waals surface area (Å²) in [5.74, 6) is -2.42. The minimum atomic E-state index is -5.01. The Morgan fingerprint density at radius 3 is 2.47 bits per heavy atom. The van der Waals surface area contributed by atoms with E-state index in [1.807, 2.05) is 0 Å². The highest BCUT2D eigenvalue weighted by Gasteiger charge is 2.42. The van der Waals surface area contributed by atoms with Crippen LogP contribution in [0, 0.1) is 11.6 Å². The SMILES string of the molecule is C=CC(=O)N1[C@H](C)CN(c2nc(=O)n3c4c(c(-c5c(F)cc(F)c6sc(N)nc56)c(C(F)(F)F)cc24)SCC3COC)C[C@@H]1C. The van der Waals surface area contributed by atoms with Crippen LogP contribution in [0.2, 0.25) is 0 Å². The number of hydrogen-bond acceptors (Lipinski definition) is 9. The number of ether oxygens (including phenoxy) is 1. The van der Waals surface area contributed by atoms with Crippen LogP contribution in [0.1, 0.15) is 25.5 Å². The van der Waals surface area contributed by atoms with E-state index in [0.29, 0.717) is 17.4 Å². The second-order valence-corrected chi connectivity index (χ2v) is 13.1. The number of benzene rings is 2. The van der Waals surface area contributed by atoms with Gasteiger partial charge in [0, 0.05) is 65.5 Å². The molecule has 16 heteroatoms. The number of amides is 1. The Labute approximate surface area is 261 Å². The minimum absolute atomic E-state index is 0.00949. The number of hydrogen-bond donors (Lipinski definition) is 1. The molecule has 1 fully saturated rings. The van der Waals surface area contributed by atoms with Crippen molar-refractivity contribution in [2.24, 2.45) is 0 Å². The first kappa shape index (κ1) is 31.2. The molecule has 1 saturated heterocycles. The summed E-state index contributed by atoms with van der Waals surface area (Å²) in [6, 6.07) is 0.00920. The molecule has 0 bridgehead atoms. The molecule has 2 aliphatic heterocycles. The van der Waals surface area contributed by atoms with Crippen LogP contribution < -0.4 is 16.3 Å². The molecule has 2 aliphatic rings. The molecular weight excluding hydrogens is 639 g/mol. The topological polar surface area (TPSA) is 107 Å². The van der Waals surface area contributed by atoms with Gasteiger partial charge in [-0.2, -0.15) is 18.2 Å². The van der Waals surface area contributed by atoms with E-state index in [2.05, 4.69) is 16.5 Å². The highest BCUT2D eigenvalue weighted by Crippen LogP contribution is 2.52. The van der Waals surface area contributed by atoms with E-state index in [1.54, 1.807) is 23.6 Å². The van der Waals surface area contributed by atoms with Gasteiger partial charge in [0.1, 0.15) is 17.5 Å². The second kappa shape index (κ2) is 11.2. The van der Waals surface area contributed by atoms with Crippen LogP contribution >= 0.6 is 23.1 Å². The third-order valence-corrected chi connectivity index (χ3v) is 10.2. The van der Waals surface area contributed by atoms with Crippen molar-refractivity contribution in [2.75, 3.05) is 43.2 Å². The Hall–Kier alpha value is -3.76. The summed E-state index contributed by atoms with van der Waals surface area (Å²) in [7, 11) is 1.44. The van der Waals surface area contributed by atoms with Gasteiger partial charge in [0.25, 0.3) is 0 Å². The molecule has 2 aromatic carbocycles. The van der Waals surface area contributed by atoms with Gasteiger partial charge in [0.2, 0.25) is 5.91 Å². The van der Waals surface area contributed by atoms with Gasteiger partial charge in [-0.3, -0.25) is 9.36 Å². The van der Waals surface area contributed by atoms with Crippen LogP contribution in [0.15, 0.2) is 34.5 Å². The Morgan fingerprint density at radius 2 is 1.84 bits per heavy atom. The predicted octanol–water partition coefficient (Wildman–Crippen LogP) is 5.46. The molecule has 0 radical (unpaired) electrons. The number of carbonyl (C=O) groups is 1. The van der Waals surface area contributed by atoms with Crippen molar-refractivity contribution in [3.05, 3.63) is 52.5 Å². The van der Waals surface area contributed by atoms with E-state index in [-0.39, 0.29) is 80.4 Å². The number of thioether (sulfide) groups is 1. The minimum Gasteiger partial charge on any atom is -0.383 e. The first-order chi connectivity index (χ1) is 21.3. The number of halogens is 5. The normalized spacial score (nSPS) is 20.3. The number of nitrogens with zero attached hydrogens (tertiary/aromatic N) is 5. The largest absolute Gasteiger partial charge is 0.417 e. The average Bonchev–Trinajstić information content (AvgIpc) is 3.36. The number of aromatic nitrogens is 3. The number of alkyl halides is 3. The van der Waals surface area contributed by atoms with Crippen LogP contribution in [0.25, 0.3) is 32.2 Å². The molecular formula is C29H27F5N6O3S2. The lowest BCUT2D eigenvalue weighted by Gasteiger charge is -2.45. The number of methoxy groups -OCH3 is 1. The van der Waals surface area contributed by atoms with Gasteiger partial charge < -0.3 is 20.3 Å². The predicted molar refractivity (Wildman–Crippen MR) is 164 cm³/mol. The first-order valence-electron chi connectivity index (χ1n) is 13.8. The summed E-state index contributed by atoms with van der Waals surface area (Å²) in [4.78, 5) is 37.9. The maximum Gasteiger partial charge on any atom is 0.417 e. The fourth-order valence-electron chi connectivity index (χ4n) is 6.42. The van der Waals surface area contributed by atoms with Crippen molar-refractivity contribution in [2.45, 2.75) is 43.0 Å². The third-order valence-electron chi connectivity index (χ3n) is 8.08. The van der Waals surface area contributed by atoms with Gasteiger partial charge in [-0.25, -0.2) is 18.6 Å². The van der Waals surface area contributed by atoms with Gasteiger partial charge in [-0.15, -0.1) is 11.8 Å². The molecule has 0 aliphatic carbocycles. The molecule has 4 aromatic rings.